The minimum Gasteiger partial charge on any atom is -0.479 e. The molecule has 3 N–H and O–H groups in total. The van der Waals surface area contributed by atoms with E-state index in [2.05, 4.69) is 10.6 Å². The fourth-order valence-corrected chi connectivity index (χ4v) is 8.97. The predicted octanol–water partition coefficient (Wildman–Crippen LogP) is 3.05. The standard InChI is InChI=1S/C37H43FN6O12S/c1-36(2,3)56-34(49)39-27-14-16-42(57(53,54)30-13-5-4-12-28(30)44(51)52)15-7-6-10-23-18-37(23,33(47)48)40-31(45)29-17-24(20-43(29)32(27)46)55-35(50)41-19-22-9-8-11-26(38)25(22)21-41/h4-6,8-13,23-24,27,29H,7,14-21H2,1-3H3,(H,39,49)(H,40,45)(H,47,48)/b10-6-/t23?,24-,27+,29+,37-/m1/s1. The van der Waals surface area contributed by atoms with E-state index in [0.29, 0.717) is 11.1 Å². The summed E-state index contributed by atoms with van der Waals surface area (Å²) in [7, 11) is -4.61. The topological polar surface area (TPSA) is 235 Å². The van der Waals surface area contributed by atoms with Gasteiger partial charge in [-0.15, -0.1) is 0 Å². The third kappa shape index (κ3) is 8.70. The first-order chi connectivity index (χ1) is 26.8. The van der Waals surface area contributed by atoms with Crippen LogP contribution in [0.2, 0.25) is 0 Å². The van der Waals surface area contributed by atoms with Crippen molar-refractivity contribution in [1.82, 2.24) is 24.7 Å². The number of carboxylic acids is 1. The number of para-hydroxylation sites is 1. The van der Waals surface area contributed by atoms with Gasteiger partial charge in [0.15, 0.2) is 4.90 Å². The molecule has 1 unspecified atom stereocenters. The zero-order chi connectivity index (χ0) is 41.4. The van der Waals surface area contributed by atoms with Crippen molar-refractivity contribution in [2.24, 2.45) is 5.92 Å². The second kappa shape index (κ2) is 15.7. The molecule has 1 aliphatic carbocycles. The zero-order valence-electron chi connectivity index (χ0n) is 31.4. The summed E-state index contributed by atoms with van der Waals surface area (Å²) in [4.78, 5) is 80.3. The number of nitrogens with zero attached hydrogens (tertiary/aromatic N) is 4. The smallest absolute Gasteiger partial charge is 0.410 e. The van der Waals surface area contributed by atoms with Crippen LogP contribution < -0.4 is 10.6 Å². The molecule has 0 aromatic heterocycles. The number of carboxylic acid groups (broad SMARTS) is 1. The minimum absolute atomic E-state index is 0.0171. The number of aliphatic carboxylic acids is 1. The number of benzene rings is 2. The lowest BCUT2D eigenvalue weighted by Crippen LogP contribution is -2.57. The number of ether oxygens (including phenoxy) is 2. The normalized spacial score (nSPS) is 26.1. The number of carbonyl (C=O) groups is 5. The second-order valence-electron chi connectivity index (χ2n) is 15.4. The van der Waals surface area contributed by atoms with Gasteiger partial charge in [-0.3, -0.25) is 24.6 Å². The van der Waals surface area contributed by atoms with Gasteiger partial charge in [-0.05, 0) is 57.7 Å². The van der Waals surface area contributed by atoms with Gasteiger partial charge in [-0.25, -0.2) is 27.2 Å². The summed E-state index contributed by atoms with van der Waals surface area (Å²) >= 11 is 0. The van der Waals surface area contributed by atoms with Crippen molar-refractivity contribution < 1.29 is 56.3 Å². The number of halogens is 1. The maximum absolute atomic E-state index is 14.6. The van der Waals surface area contributed by atoms with E-state index in [1.165, 1.54) is 35.2 Å². The van der Waals surface area contributed by atoms with Crippen molar-refractivity contribution in [3.05, 3.63) is 81.7 Å². The highest BCUT2D eigenvalue weighted by molar-refractivity contribution is 7.89. The fourth-order valence-electron chi connectivity index (χ4n) is 7.35. The molecule has 4 amide bonds. The lowest BCUT2D eigenvalue weighted by atomic mass is 10.1. The molecule has 1 saturated carbocycles. The zero-order valence-corrected chi connectivity index (χ0v) is 32.2. The van der Waals surface area contributed by atoms with Gasteiger partial charge in [0.25, 0.3) is 5.69 Å². The number of rotatable bonds is 6. The third-order valence-corrected chi connectivity index (χ3v) is 12.2. The Morgan fingerprint density at radius 1 is 1.09 bits per heavy atom. The van der Waals surface area contributed by atoms with Crippen molar-refractivity contribution in [1.29, 1.82) is 0 Å². The molecule has 3 heterocycles. The van der Waals surface area contributed by atoms with Gasteiger partial charge in [0.2, 0.25) is 21.8 Å². The van der Waals surface area contributed by atoms with Crippen LogP contribution in [-0.2, 0) is 47.0 Å². The Kier molecular flexibility index (Phi) is 11.3. The van der Waals surface area contributed by atoms with Gasteiger partial charge in [0.05, 0.1) is 18.0 Å². The minimum atomic E-state index is -4.61. The van der Waals surface area contributed by atoms with E-state index < -0.39 is 110 Å². The molecule has 0 radical (unpaired) electrons. The molecule has 1 saturated heterocycles. The van der Waals surface area contributed by atoms with Crippen LogP contribution in [0.1, 0.15) is 57.6 Å². The number of carbonyl (C=O) groups excluding carboxylic acids is 4. The summed E-state index contributed by atoms with van der Waals surface area (Å²) in [5, 5.41) is 27.1. The average Bonchev–Trinajstić information content (AvgIpc) is 3.42. The van der Waals surface area contributed by atoms with Crippen molar-refractivity contribution in [2.75, 3.05) is 19.6 Å². The van der Waals surface area contributed by atoms with Gasteiger partial charge >= 0.3 is 18.2 Å². The molecule has 18 nitrogen and oxygen atoms in total. The van der Waals surface area contributed by atoms with E-state index in [-0.39, 0.29) is 45.4 Å². The number of fused-ring (bicyclic) bond motifs is 3. The molecule has 306 valence electrons. The third-order valence-electron chi connectivity index (χ3n) is 10.3. The Bertz CT molecular complexity index is 2130. The molecule has 20 heteroatoms. The second-order valence-corrected chi connectivity index (χ2v) is 17.3. The molecule has 6 rings (SSSR count). The van der Waals surface area contributed by atoms with Crippen molar-refractivity contribution in [2.45, 2.75) is 93.8 Å². The summed E-state index contributed by atoms with van der Waals surface area (Å²) in [6, 6.07) is 6.24. The number of nitrogens with one attached hydrogen (secondary N) is 2. The van der Waals surface area contributed by atoms with Crippen LogP contribution in [0.25, 0.3) is 0 Å². The van der Waals surface area contributed by atoms with Crippen molar-refractivity contribution in [3.63, 3.8) is 0 Å². The monoisotopic (exact) mass is 814 g/mol. The molecule has 2 aromatic rings. The maximum atomic E-state index is 14.6. The van der Waals surface area contributed by atoms with Gasteiger partial charge < -0.3 is 30.1 Å². The van der Waals surface area contributed by atoms with Crippen LogP contribution in [-0.4, -0.2) is 111 Å². The predicted molar refractivity (Wildman–Crippen MR) is 196 cm³/mol. The molecule has 0 bridgehead atoms. The van der Waals surface area contributed by atoms with E-state index in [0.717, 1.165) is 21.3 Å². The highest BCUT2D eigenvalue weighted by Gasteiger charge is 2.61. The van der Waals surface area contributed by atoms with Crippen LogP contribution in [0.3, 0.4) is 0 Å². The Labute approximate surface area is 327 Å². The van der Waals surface area contributed by atoms with Gasteiger partial charge in [-0.1, -0.05) is 36.4 Å². The number of hydrogen-bond acceptors (Lipinski definition) is 11. The number of hydrogen-bond donors (Lipinski definition) is 3. The summed E-state index contributed by atoms with van der Waals surface area (Å²) in [5.41, 5.74) is -2.56. The Hall–Kier alpha value is -5.63. The largest absolute Gasteiger partial charge is 0.479 e. The Morgan fingerprint density at radius 3 is 2.51 bits per heavy atom. The summed E-state index contributed by atoms with van der Waals surface area (Å²) < 4.78 is 54.7. The molecule has 5 atom stereocenters. The van der Waals surface area contributed by atoms with Crippen LogP contribution in [0.4, 0.5) is 19.7 Å². The van der Waals surface area contributed by atoms with E-state index in [1.807, 2.05) is 0 Å². The number of nitro groups is 1. The Morgan fingerprint density at radius 2 is 1.82 bits per heavy atom. The summed E-state index contributed by atoms with van der Waals surface area (Å²) in [5.74, 6) is -4.30. The van der Waals surface area contributed by atoms with E-state index >= 15 is 0 Å². The molecule has 2 fully saturated rings. The first-order valence-electron chi connectivity index (χ1n) is 18.3. The maximum Gasteiger partial charge on any atom is 0.410 e. The lowest BCUT2D eigenvalue weighted by Gasteiger charge is -2.31. The lowest BCUT2D eigenvalue weighted by molar-refractivity contribution is -0.387. The van der Waals surface area contributed by atoms with Crippen LogP contribution in [0.15, 0.2) is 59.5 Å². The first kappa shape index (κ1) is 41.0. The van der Waals surface area contributed by atoms with Crippen LogP contribution >= 0.6 is 0 Å². The number of sulfonamides is 1. The summed E-state index contributed by atoms with van der Waals surface area (Å²) in [6.45, 7) is 3.62. The molecule has 4 aliphatic rings. The fraction of sp³-hybridized carbons (Fsp3) is 0.486. The van der Waals surface area contributed by atoms with Gasteiger partial charge in [-0.2, -0.15) is 4.31 Å². The van der Waals surface area contributed by atoms with Gasteiger partial charge in [0.1, 0.15) is 35.1 Å². The molecule has 0 spiro atoms. The first-order valence-corrected chi connectivity index (χ1v) is 19.7. The van der Waals surface area contributed by atoms with Crippen LogP contribution in [0.5, 0.6) is 0 Å². The highest BCUT2D eigenvalue weighted by atomic mass is 32.2. The van der Waals surface area contributed by atoms with E-state index in [1.54, 1.807) is 32.9 Å². The quantitative estimate of drug-likeness (QED) is 0.217. The SMILES string of the molecule is CC(C)(C)OC(=O)N[C@H]1CCN(S(=O)(=O)c2ccccc2[N+](=O)[O-])CC/C=C\C2C[C@@]2(C(=O)O)NC(=O)[C@@H]2C[C@@H](OC(=O)N3Cc4cccc(F)c4C3)CN2C1=O. The van der Waals surface area contributed by atoms with Crippen LogP contribution in [0, 0.1) is 21.8 Å². The molecular formula is C37H43FN6O12S. The van der Waals surface area contributed by atoms with Gasteiger partial charge in [0, 0.05) is 43.6 Å². The number of nitro benzene ring substituents is 1. The molecule has 2 aromatic carbocycles. The molecule has 3 aliphatic heterocycles. The average molecular weight is 815 g/mol. The number of alkyl carbamates (subject to hydrolysis) is 1. The Balaban J connectivity index is 1.33. The highest BCUT2D eigenvalue weighted by Crippen LogP contribution is 2.45. The van der Waals surface area contributed by atoms with E-state index in [4.69, 9.17) is 9.47 Å². The molecular weight excluding hydrogens is 772 g/mol. The van der Waals surface area contributed by atoms with Crippen molar-refractivity contribution >= 4 is 45.7 Å². The molecule has 57 heavy (non-hydrogen) atoms. The van der Waals surface area contributed by atoms with E-state index in [9.17, 15) is 52.0 Å². The number of amides is 4. The van der Waals surface area contributed by atoms with Crippen molar-refractivity contribution in [3.8, 4) is 0 Å². The summed E-state index contributed by atoms with van der Waals surface area (Å²) in [6.07, 6.45) is -0.601.